The van der Waals surface area contributed by atoms with Crippen LogP contribution in [0.4, 0.5) is 5.69 Å². The van der Waals surface area contributed by atoms with E-state index in [0.717, 1.165) is 51.1 Å². The first-order chi connectivity index (χ1) is 12.7. The van der Waals surface area contributed by atoms with Crippen LogP contribution in [0.5, 0.6) is 0 Å². The monoisotopic (exact) mass is 358 g/mol. The van der Waals surface area contributed by atoms with Crippen molar-refractivity contribution in [3.63, 3.8) is 0 Å². The smallest absolute Gasteiger partial charge is 0.238 e. The van der Waals surface area contributed by atoms with Gasteiger partial charge in [0.05, 0.1) is 18.2 Å². The summed E-state index contributed by atoms with van der Waals surface area (Å²) in [6.45, 7) is 2.89. The zero-order valence-corrected chi connectivity index (χ0v) is 15.8. The molecule has 0 aromatic heterocycles. The average molecular weight is 358 g/mol. The van der Waals surface area contributed by atoms with Crippen LogP contribution in [-0.4, -0.2) is 55.9 Å². The van der Waals surface area contributed by atoms with Gasteiger partial charge in [-0.1, -0.05) is 6.07 Å². The van der Waals surface area contributed by atoms with Gasteiger partial charge in [-0.2, -0.15) is 0 Å². The van der Waals surface area contributed by atoms with Gasteiger partial charge in [-0.05, 0) is 68.2 Å². The molecule has 5 heteroatoms. The van der Waals surface area contributed by atoms with Gasteiger partial charge >= 0.3 is 0 Å². The zero-order chi connectivity index (χ0) is 18.0. The molecule has 142 valence electrons. The van der Waals surface area contributed by atoms with E-state index in [0.29, 0.717) is 6.54 Å². The number of aryl methyl sites for hydroxylation is 2. The third-order valence-electron chi connectivity index (χ3n) is 6.28. The highest BCUT2D eigenvalue weighted by Crippen LogP contribution is 2.37. The number of amides is 1. The van der Waals surface area contributed by atoms with Crippen LogP contribution in [0.15, 0.2) is 18.2 Å². The normalized spacial score (nSPS) is 28.9. The van der Waals surface area contributed by atoms with Crippen LogP contribution >= 0.6 is 0 Å². The van der Waals surface area contributed by atoms with Gasteiger partial charge in [0.15, 0.2) is 0 Å². The van der Waals surface area contributed by atoms with E-state index >= 15 is 0 Å². The molecule has 1 spiro atoms. The molecule has 0 saturated carbocycles. The van der Waals surface area contributed by atoms with Crippen LogP contribution in [0, 0.1) is 0 Å². The summed E-state index contributed by atoms with van der Waals surface area (Å²) >= 11 is 0. The molecule has 1 aromatic rings. The van der Waals surface area contributed by atoms with Gasteiger partial charge in [-0.25, -0.2) is 0 Å². The van der Waals surface area contributed by atoms with Crippen LogP contribution < -0.4 is 5.32 Å². The number of carbonyl (C=O) groups is 1. The van der Waals surface area contributed by atoms with Crippen molar-refractivity contribution in [3.05, 3.63) is 29.3 Å². The van der Waals surface area contributed by atoms with Crippen LogP contribution in [0.2, 0.25) is 0 Å². The fourth-order valence-corrected chi connectivity index (χ4v) is 4.82. The number of hydrogen-bond acceptors (Lipinski definition) is 4. The summed E-state index contributed by atoms with van der Waals surface area (Å²) in [5, 5.41) is 3.08. The largest absolute Gasteiger partial charge is 0.377 e. The molecule has 3 aliphatic rings. The molecular formula is C21H30N2O3. The van der Waals surface area contributed by atoms with Crippen molar-refractivity contribution in [2.75, 3.05) is 38.7 Å². The summed E-state index contributed by atoms with van der Waals surface area (Å²) in [6, 6.07) is 6.37. The number of nitrogens with one attached hydrogen (secondary N) is 1. The van der Waals surface area contributed by atoms with Crippen LogP contribution in [0.3, 0.4) is 0 Å². The summed E-state index contributed by atoms with van der Waals surface area (Å²) in [5.41, 5.74) is 3.63. The molecule has 4 rings (SSSR count). The third kappa shape index (κ3) is 3.66. The molecule has 2 aliphatic heterocycles. The van der Waals surface area contributed by atoms with Crippen molar-refractivity contribution in [3.8, 4) is 0 Å². The number of fused-ring (bicyclic) bond motifs is 1. The van der Waals surface area contributed by atoms with Gasteiger partial charge in [0, 0.05) is 32.5 Å². The number of likely N-dealkylation sites (tertiary alicyclic amines) is 1. The highest BCUT2D eigenvalue weighted by molar-refractivity contribution is 5.92. The molecule has 26 heavy (non-hydrogen) atoms. The number of methoxy groups -OCH3 is 1. The Bertz CT molecular complexity index is 655. The number of anilines is 1. The topological polar surface area (TPSA) is 50.8 Å². The van der Waals surface area contributed by atoms with Crippen molar-refractivity contribution in [2.24, 2.45) is 0 Å². The van der Waals surface area contributed by atoms with E-state index in [1.807, 2.05) is 6.07 Å². The van der Waals surface area contributed by atoms with E-state index in [-0.39, 0.29) is 17.6 Å². The van der Waals surface area contributed by atoms with Crippen molar-refractivity contribution in [1.82, 2.24) is 4.90 Å². The number of nitrogens with zero attached hydrogens (tertiary/aromatic N) is 1. The lowest BCUT2D eigenvalue weighted by Gasteiger charge is -2.44. The van der Waals surface area contributed by atoms with Gasteiger partial charge in [0.1, 0.15) is 0 Å². The maximum atomic E-state index is 12.5. The lowest BCUT2D eigenvalue weighted by Crippen LogP contribution is -2.57. The summed E-state index contributed by atoms with van der Waals surface area (Å²) in [6.07, 6.45) is 7.99. The highest BCUT2D eigenvalue weighted by atomic mass is 16.5. The third-order valence-corrected chi connectivity index (χ3v) is 6.28. The molecule has 2 heterocycles. The minimum Gasteiger partial charge on any atom is -0.377 e. The minimum absolute atomic E-state index is 0.0512. The molecule has 0 radical (unpaired) electrons. The predicted molar refractivity (Wildman–Crippen MR) is 101 cm³/mol. The average Bonchev–Trinajstić information content (AvgIpc) is 3.12. The number of benzene rings is 1. The van der Waals surface area contributed by atoms with Gasteiger partial charge < -0.3 is 14.8 Å². The Labute approximate surface area is 156 Å². The molecule has 5 nitrogen and oxygen atoms in total. The number of ether oxygens (including phenoxy) is 2. The van der Waals surface area contributed by atoms with Gasteiger partial charge in [-0.3, -0.25) is 9.69 Å². The summed E-state index contributed by atoms with van der Waals surface area (Å²) < 4.78 is 11.8. The molecular weight excluding hydrogens is 328 g/mol. The first-order valence-electron chi connectivity index (χ1n) is 9.99. The Morgan fingerprint density at radius 1 is 1.27 bits per heavy atom. The molecule has 0 unspecified atom stereocenters. The Balaban J connectivity index is 1.34. The van der Waals surface area contributed by atoms with Crippen LogP contribution in [0.25, 0.3) is 0 Å². The Morgan fingerprint density at radius 2 is 2.12 bits per heavy atom. The molecule has 1 N–H and O–H groups in total. The van der Waals surface area contributed by atoms with E-state index in [2.05, 4.69) is 22.3 Å². The van der Waals surface area contributed by atoms with Crippen molar-refractivity contribution in [1.29, 1.82) is 0 Å². The molecule has 1 amide bonds. The lowest BCUT2D eigenvalue weighted by atomic mass is 9.86. The molecule has 2 atom stereocenters. The van der Waals surface area contributed by atoms with E-state index in [4.69, 9.17) is 9.47 Å². The molecule has 2 fully saturated rings. The first kappa shape index (κ1) is 18.0. The number of piperidine rings is 1. The van der Waals surface area contributed by atoms with Gasteiger partial charge in [0.25, 0.3) is 0 Å². The minimum atomic E-state index is -0.125. The van der Waals surface area contributed by atoms with Crippen molar-refractivity contribution < 1.29 is 14.3 Å². The Hall–Kier alpha value is -1.43. The van der Waals surface area contributed by atoms with E-state index < -0.39 is 0 Å². The van der Waals surface area contributed by atoms with E-state index in [1.165, 1.54) is 30.4 Å². The number of rotatable bonds is 4. The fourth-order valence-electron chi connectivity index (χ4n) is 4.82. The highest BCUT2D eigenvalue weighted by Gasteiger charge is 2.46. The van der Waals surface area contributed by atoms with Crippen LogP contribution in [0.1, 0.15) is 43.2 Å². The summed E-state index contributed by atoms with van der Waals surface area (Å²) in [7, 11) is 1.75. The van der Waals surface area contributed by atoms with Gasteiger partial charge in [-0.15, -0.1) is 0 Å². The second kappa shape index (κ2) is 7.67. The van der Waals surface area contributed by atoms with E-state index in [1.54, 1.807) is 7.11 Å². The Kier molecular flexibility index (Phi) is 5.30. The van der Waals surface area contributed by atoms with Gasteiger partial charge in [0.2, 0.25) is 5.91 Å². The summed E-state index contributed by atoms with van der Waals surface area (Å²) in [5.74, 6) is 0.0545. The fraction of sp³-hybridized carbons (Fsp3) is 0.667. The molecule has 0 bridgehead atoms. The summed E-state index contributed by atoms with van der Waals surface area (Å²) in [4.78, 5) is 14.7. The zero-order valence-electron chi connectivity index (χ0n) is 15.8. The maximum Gasteiger partial charge on any atom is 0.238 e. The molecule has 1 aromatic carbocycles. The SMILES string of the molecule is CO[C@H]1CN(CC(=O)Nc2ccc3c(c2)CCCC3)CC[C@@]12CCCO2. The molecule has 1 aliphatic carbocycles. The standard InChI is InChI=1S/C21H30N2O3/c1-25-19-14-23(11-10-21(19)9-4-12-26-21)15-20(24)22-18-8-7-16-5-2-3-6-17(16)13-18/h7-8,13,19H,2-6,9-12,14-15H2,1H3,(H,22,24)/t19-,21-/m0/s1. The quantitative estimate of drug-likeness (QED) is 0.899. The maximum absolute atomic E-state index is 12.5. The van der Waals surface area contributed by atoms with E-state index in [9.17, 15) is 4.79 Å². The van der Waals surface area contributed by atoms with Crippen LogP contribution in [-0.2, 0) is 27.1 Å². The van der Waals surface area contributed by atoms with Crippen molar-refractivity contribution >= 4 is 11.6 Å². The second-order valence-electron chi connectivity index (χ2n) is 7.97. The lowest BCUT2D eigenvalue weighted by molar-refractivity contribution is -0.145. The predicted octanol–water partition coefficient (Wildman–Crippen LogP) is 2.77. The van der Waals surface area contributed by atoms with Crippen molar-refractivity contribution in [2.45, 2.75) is 56.7 Å². The first-order valence-corrected chi connectivity index (χ1v) is 9.99. The molecule has 2 saturated heterocycles. The Morgan fingerprint density at radius 3 is 2.88 bits per heavy atom. The number of hydrogen-bond donors (Lipinski definition) is 1. The second-order valence-corrected chi connectivity index (χ2v) is 7.97. The number of carbonyl (C=O) groups excluding carboxylic acids is 1.